The van der Waals surface area contributed by atoms with Crippen LogP contribution in [0, 0.1) is 11.6 Å². The molecule has 0 unspecified atom stereocenters. The Labute approximate surface area is 228 Å². The number of benzene rings is 3. The van der Waals surface area contributed by atoms with E-state index in [9.17, 15) is 26.8 Å². The average molecular weight is 558 g/mol. The predicted octanol–water partition coefficient (Wildman–Crippen LogP) is 4.29. The molecule has 0 aliphatic heterocycles. The third kappa shape index (κ3) is 8.88. The molecule has 0 aliphatic carbocycles. The number of carbonyl (C=O) groups is 2. The maximum absolute atomic E-state index is 13.6. The number of anilines is 1. The number of sulfonamides is 1. The molecule has 208 valence electrons. The van der Waals surface area contributed by atoms with Gasteiger partial charge in [0.05, 0.1) is 11.9 Å². The van der Waals surface area contributed by atoms with Crippen LogP contribution in [0.25, 0.3) is 0 Å². The number of nitrogens with zero attached hydrogens (tertiary/aromatic N) is 2. The number of hydrogen-bond donors (Lipinski definition) is 1. The molecule has 3 aromatic rings. The minimum absolute atomic E-state index is 0.00883. The van der Waals surface area contributed by atoms with Gasteiger partial charge in [0.1, 0.15) is 17.7 Å². The van der Waals surface area contributed by atoms with Crippen molar-refractivity contribution >= 4 is 27.5 Å². The largest absolute Gasteiger partial charge is 0.355 e. The first-order valence-corrected chi connectivity index (χ1v) is 14.5. The van der Waals surface area contributed by atoms with Gasteiger partial charge in [-0.3, -0.25) is 13.9 Å². The van der Waals surface area contributed by atoms with Crippen LogP contribution in [0.2, 0.25) is 0 Å². The zero-order chi connectivity index (χ0) is 28.4. The summed E-state index contributed by atoms with van der Waals surface area (Å²) in [6, 6.07) is 19.3. The molecule has 0 aliphatic rings. The van der Waals surface area contributed by atoms with Crippen LogP contribution in [0.15, 0.2) is 78.9 Å². The van der Waals surface area contributed by atoms with Crippen LogP contribution in [0.3, 0.4) is 0 Å². The molecule has 3 aromatic carbocycles. The summed E-state index contributed by atoms with van der Waals surface area (Å²) < 4.78 is 52.9. The number of halogens is 2. The van der Waals surface area contributed by atoms with E-state index in [0.717, 1.165) is 16.1 Å². The molecule has 0 radical (unpaired) electrons. The smallest absolute Gasteiger partial charge is 0.243 e. The van der Waals surface area contributed by atoms with Crippen molar-refractivity contribution in [2.45, 2.75) is 38.8 Å². The maximum atomic E-state index is 13.6. The monoisotopic (exact) mass is 557 g/mol. The third-order valence-corrected chi connectivity index (χ3v) is 7.35. The minimum Gasteiger partial charge on any atom is -0.355 e. The van der Waals surface area contributed by atoms with Gasteiger partial charge < -0.3 is 10.2 Å². The summed E-state index contributed by atoms with van der Waals surface area (Å²) in [5, 5.41) is 2.81. The summed E-state index contributed by atoms with van der Waals surface area (Å²) in [6.45, 7) is 2.23. The summed E-state index contributed by atoms with van der Waals surface area (Å²) >= 11 is 0. The van der Waals surface area contributed by atoms with Crippen molar-refractivity contribution < 1.29 is 26.8 Å². The Morgan fingerprint density at radius 3 is 2.03 bits per heavy atom. The lowest BCUT2D eigenvalue weighted by molar-refractivity contribution is -0.141. The van der Waals surface area contributed by atoms with Crippen LogP contribution < -0.4 is 9.62 Å². The fraction of sp³-hybridized carbons (Fsp3) is 0.310. The topological polar surface area (TPSA) is 86.8 Å². The highest BCUT2D eigenvalue weighted by Gasteiger charge is 2.30. The zero-order valence-electron chi connectivity index (χ0n) is 22.0. The highest BCUT2D eigenvalue weighted by molar-refractivity contribution is 7.92. The van der Waals surface area contributed by atoms with E-state index in [-0.39, 0.29) is 44.2 Å². The van der Waals surface area contributed by atoms with Crippen molar-refractivity contribution in [1.82, 2.24) is 10.2 Å². The van der Waals surface area contributed by atoms with E-state index in [1.54, 1.807) is 19.1 Å². The molecule has 1 atom stereocenters. The summed E-state index contributed by atoms with van der Waals surface area (Å²) in [6.07, 6.45) is 1.43. The van der Waals surface area contributed by atoms with Gasteiger partial charge in [-0.1, -0.05) is 42.5 Å². The molecule has 0 bridgehead atoms. The zero-order valence-corrected chi connectivity index (χ0v) is 22.8. The van der Waals surface area contributed by atoms with Gasteiger partial charge in [0, 0.05) is 32.5 Å². The van der Waals surface area contributed by atoms with Crippen molar-refractivity contribution in [3.63, 3.8) is 0 Å². The quantitative estimate of drug-likeness (QED) is 0.340. The van der Waals surface area contributed by atoms with Gasteiger partial charge in [0.2, 0.25) is 21.8 Å². The van der Waals surface area contributed by atoms with E-state index >= 15 is 0 Å². The Balaban J connectivity index is 1.85. The number of likely N-dealkylation sites (N-methyl/N-ethyl adjacent to an activating group) is 1. The number of nitrogens with one attached hydrogen (secondary N) is 1. The van der Waals surface area contributed by atoms with E-state index in [2.05, 4.69) is 5.32 Å². The predicted molar refractivity (Wildman–Crippen MR) is 147 cm³/mol. The Morgan fingerprint density at radius 1 is 0.872 bits per heavy atom. The molecule has 0 heterocycles. The summed E-state index contributed by atoms with van der Waals surface area (Å²) in [4.78, 5) is 28.3. The van der Waals surface area contributed by atoms with Crippen molar-refractivity contribution in [2.24, 2.45) is 0 Å². The van der Waals surface area contributed by atoms with Gasteiger partial charge in [-0.15, -0.1) is 0 Å². The van der Waals surface area contributed by atoms with E-state index in [1.807, 2.05) is 30.3 Å². The second-order valence-electron chi connectivity index (χ2n) is 9.16. The van der Waals surface area contributed by atoms with E-state index in [1.165, 1.54) is 41.3 Å². The SMILES string of the molecule is CCNC(=O)[C@H](Cc1ccccc1)N(Cc1ccc(F)cc1)C(=O)CCCN(c1ccc(F)cc1)S(C)(=O)=O. The molecule has 3 rings (SSSR count). The highest BCUT2D eigenvalue weighted by atomic mass is 32.2. The molecular weight excluding hydrogens is 524 g/mol. The minimum atomic E-state index is -3.69. The van der Waals surface area contributed by atoms with Crippen molar-refractivity contribution in [2.75, 3.05) is 23.7 Å². The van der Waals surface area contributed by atoms with Crippen LogP contribution in [0.4, 0.5) is 14.5 Å². The fourth-order valence-corrected chi connectivity index (χ4v) is 5.21. The average Bonchev–Trinajstić information content (AvgIpc) is 2.90. The van der Waals surface area contributed by atoms with Crippen molar-refractivity contribution in [1.29, 1.82) is 0 Å². The normalized spacial score (nSPS) is 12.0. The highest BCUT2D eigenvalue weighted by Crippen LogP contribution is 2.20. The summed E-state index contributed by atoms with van der Waals surface area (Å²) in [5.74, 6) is -1.57. The maximum Gasteiger partial charge on any atom is 0.243 e. The first kappa shape index (κ1) is 29.8. The van der Waals surface area contributed by atoms with Crippen LogP contribution >= 0.6 is 0 Å². The summed E-state index contributed by atoms with van der Waals surface area (Å²) in [7, 11) is -3.69. The lowest BCUT2D eigenvalue weighted by Crippen LogP contribution is -2.50. The van der Waals surface area contributed by atoms with Gasteiger partial charge in [-0.25, -0.2) is 17.2 Å². The second kappa shape index (κ2) is 13.8. The van der Waals surface area contributed by atoms with Crippen LogP contribution in [0.1, 0.15) is 30.9 Å². The molecule has 0 saturated heterocycles. The van der Waals surface area contributed by atoms with Crippen LogP contribution in [-0.4, -0.2) is 50.5 Å². The Morgan fingerprint density at radius 2 is 1.46 bits per heavy atom. The lowest BCUT2D eigenvalue weighted by Gasteiger charge is -2.32. The van der Waals surface area contributed by atoms with Crippen LogP contribution in [0.5, 0.6) is 0 Å². The molecule has 0 fully saturated rings. The van der Waals surface area contributed by atoms with Gasteiger partial charge in [-0.05, 0) is 60.9 Å². The van der Waals surface area contributed by atoms with Crippen LogP contribution in [-0.2, 0) is 32.6 Å². The van der Waals surface area contributed by atoms with Gasteiger partial charge >= 0.3 is 0 Å². The Bertz CT molecular complexity index is 1340. The first-order chi connectivity index (χ1) is 18.6. The number of hydrogen-bond acceptors (Lipinski definition) is 4. The van der Waals surface area contributed by atoms with Crippen molar-refractivity contribution in [3.8, 4) is 0 Å². The van der Waals surface area contributed by atoms with E-state index < -0.39 is 27.7 Å². The van der Waals surface area contributed by atoms with Gasteiger partial charge in [0.15, 0.2) is 0 Å². The number of carbonyl (C=O) groups excluding carboxylic acids is 2. The standard InChI is InChI=1S/C29H33F2N3O4S/c1-3-32-29(36)27(20-22-8-5-4-6-9-22)33(21-23-11-13-24(30)14-12-23)28(35)10-7-19-34(39(2,37)38)26-17-15-25(31)16-18-26/h4-6,8-9,11-18,27H,3,7,10,19-21H2,1-2H3,(H,32,36)/t27-/m0/s1. The van der Waals surface area contributed by atoms with E-state index in [4.69, 9.17) is 0 Å². The number of amides is 2. The molecule has 2 amide bonds. The second-order valence-corrected chi connectivity index (χ2v) is 11.1. The van der Waals surface area contributed by atoms with Gasteiger partial charge in [0.25, 0.3) is 0 Å². The molecule has 0 spiro atoms. The molecule has 1 N–H and O–H groups in total. The molecular formula is C29H33F2N3O4S. The third-order valence-electron chi connectivity index (χ3n) is 6.16. The van der Waals surface area contributed by atoms with Crippen molar-refractivity contribution in [3.05, 3.63) is 102 Å². The van der Waals surface area contributed by atoms with E-state index in [0.29, 0.717) is 17.8 Å². The first-order valence-electron chi connectivity index (χ1n) is 12.7. The molecule has 39 heavy (non-hydrogen) atoms. The lowest BCUT2D eigenvalue weighted by atomic mass is 10.0. The molecule has 7 nitrogen and oxygen atoms in total. The summed E-state index contributed by atoms with van der Waals surface area (Å²) in [5.41, 5.74) is 1.81. The molecule has 0 aromatic heterocycles. The number of rotatable bonds is 13. The van der Waals surface area contributed by atoms with Gasteiger partial charge in [-0.2, -0.15) is 0 Å². The molecule has 10 heteroatoms. The fourth-order valence-electron chi connectivity index (χ4n) is 4.24. The Hall–Kier alpha value is -3.79. The molecule has 0 saturated carbocycles. The Kier molecular flexibility index (Phi) is 10.6.